The highest BCUT2D eigenvalue weighted by Crippen LogP contribution is 2.43. The zero-order valence-electron chi connectivity index (χ0n) is 50.6. The molecule has 0 aliphatic carbocycles. The van der Waals surface area contributed by atoms with Crippen molar-refractivity contribution in [1.29, 1.82) is 0 Å². The number of hydrogen-bond acceptors (Lipinski definition) is 5. The van der Waals surface area contributed by atoms with Crippen LogP contribution in [0.1, 0.15) is 348 Å². The van der Waals surface area contributed by atoms with E-state index in [1.807, 2.05) is 21.1 Å². The van der Waals surface area contributed by atoms with E-state index in [4.69, 9.17) is 9.05 Å². The summed E-state index contributed by atoms with van der Waals surface area (Å²) in [5, 5.41) is 14.1. The van der Waals surface area contributed by atoms with Gasteiger partial charge in [-0.05, 0) is 38.5 Å². The lowest BCUT2D eigenvalue weighted by Crippen LogP contribution is -2.46. The number of phosphoric acid groups is 1. The minimum atomic E-state index is -4.32. The molecule has 0 aromatic heterocycles. The summed E-state index contributed by atoms with van der Waals surface area (Å²) in [6.45, 7) is 4.95. The molecule has 0 aliphatic rings. The number of allylic oxidation sites excluding steroid dienone is 2. The van der Waals surface area contributed by atoms with Gasteiger partial charge in [-0.15, -0.1) is 0 Å². The van der Waals surface area contributed by atoms with Crippen LogP contribution in [0.15, 0.2) is 12.2 Å². The summed E-state index contributed by atoms with van der Waals surface area (Å²) in [5.41, 5.74) is 0. The van der Waals surface area contributed by atoms with Crippen LogP contribution < -0.4 is 5.32 Å². The molecule has 0 rings (SSSR count). The fourth-order valence-electron chi connectivity index (χ4n) is 10.3. The van der Waals surface area contributed by atoms with E-state index in [9.17, 15) is 19.4 Å². The third-order valence-corrected chi connectivity index (χ3v) is 16.5. The van der Waals surface area contributed by atoms with Gasteiger partial charge in [0.1, 0.15) is 13.2 Å². The molecule has 8 nitrogen and oxygen atoms in total. The Bertz CT molecular complexity index is 1210. The molecule has 0 fully saturated rings. The quantitative estimate of drug-likeness (QED) is 0.0243. The monoisotopic (exact) mass is 1070 g/mol. The number of unbranched alkanes of at least 4 members (excludes halogenated alkanes) is 47. The molecule has 1 amide bonds. The van der Waals surface area contributed by atoms with E-state index < -0.39 is 20.0 Å². The maximum atomic E-state index is 13.0. The Kier molecular flexibility index (Phi) is 56.4. The van der Waals surface area contributed by atoms with Crippen LogP contribution in [-0.2, 0) is 18.4 Å². The maximum absolute atomic E-state index is 13.0. The van der Waals surface area contributed by atoms with Crippen molar-refractivity contribution >= 4 is 13.7 Å². The average molecular weight is 1070 g/mol. The first kappa shape index (κ1) is 73.2. The summed E-state index contributed by atoms with van der Waals surface area (Å²) in [6.07, 6.45) is 71.6. The van der Waals surface area contributed by atoms with Crippen molar-refractivity contribution in [2.24, 2.45) is 0 Å². The number of carbonyl (C=O) groups is 1. The van der Waals surface area contributed by atoms with Crippen molar-refractivity contribution < 1.29 is 32.9 Å². The van der Waals surface area contributed by atoms with Crippen molar-refractivity contribution in [2.45, 2.75) is 360 Å². The minimum absolute atomic E-state index is 0.0784. The van der Waals surface area contributed by atoms with Gasteiger partial charge < -0.3 is 19.8 Å². The smallest absolute Gasteiger partial charge is 0.391 e. The zero-order valence-corrected chi connectivity index (χ0v) is 51.5. The molecule has 0 aromatic rings. The predicted octanol–water partition coefficient (Wildman–Crippen LogP) is 20.6. The van der Waals surface area contributed by atoms with Crippen LogP contribution in [0, 0.1) is 0 Å². The molecule has 3 N–H and O–H groups in total. The Morgan fingerprint density at radius 1 is 0.446 bits per heavy atom. The Hall–Kier alpha value is -0.760. The van der Waals surface area contributed by atoms with Gasteiger partial charge in [-0.3, -0.25) is 13.8 Å². The van der Waals surface area contributed by atoms with E-state index >= 15 is 0 Å². The molecule has 442 valence electrons. The van der Waals surface area contributed by atoms with Gasteiger partial charge in [-0.2, -0.15) is 0 Å². The third-order valence-electron chi connectivity index (χ3n) is 15.5. The highest BCUT2D eigenvalue weighted by Gasteiger charge is 2.28. The van der Waals surface area contributed by atoms with Crippen molar-refractivity contribution in [3.63, 3.8) is 0 Å². The van der Waals surface area contributed by atoms with E-state index in [0.29, 0.717) is 23.9 Å². The van der Waals surface area contributed by atoms with Gasteiger partial charge >= 0.3 is 7.82 Å². The van der Waals surface area contributed by atoms with E-state index in [-0.39, 0.29) is 19.1 Å². The van der Waals surface area contributed by atoms with Gasteiger partial charge in [0.2, 0.25) is 5.91 Å². The first-order valence-corrected chi connectivity index (χ1v) is 34.5. The molecule has 0 saturated heterocycles. The van der Waals surface area contributed by atoms with Gasteiger partial charge in [0.05, 0.1) is 39.9 Å². The summed E-state index contributed by atoms with van der Waals surface area (Å²) >= 11 is 0. The summed E-state index contributed by atoms with van der Waals surface area (Å²) in [7, 11) is 1.64. The minimum Gasteiger partial charge on any atom is -0.391 e. The number of amides is 1. The molecule has 3 unspecified atom stereocenters. The van der Waals surface area contributed by atoms with E-state index in [0.717, 1.165) is 38.5 Å². The molecular formula is C65H132N2O6P+. The van der Waals surface area contributed by atoms with Crippen LogP contribution in [0.25, 0.3) is 0 Å². The molecule has 0 aliphatic heterocycles. The number of aliphatic hydroxyl groups excluding tert-OH is 1. The number of aliphatic hydroxyl groups is 1. The number of likely N-dealkylation sites (N-methyl/N-ethyl adjacent to an activating group) is 1. The number of rotatable bonds is 62. The SMILES string of the molecule is CCCCCCCCCC/C=C\CCCCCCCCCCCCCCCCCCCCCCCC(=O)NC(COP(=O)(O)OCC[N+](C)(C)C)C(O)CCCCCCCCCCCCCCCCCCCCC. The topological polar surface area (TPSA) is 105 Å². The number of phosphoric ester groups is 1. The molecule has 74 heavy (non-hydrogen) atoms. The summed E-state index contributed by atoms with van der Waals surface area (Å²) < 4.78 is 23.8. The molecule has 0 bridgehead atoms. The molecule has 3 atom stereocenters. The average Bonchev–Trinajstić information content (AvgIpc) is 3.36. The molecule has 0 spiro atoms. The molecule has 0 heterocycles. The standard InChI is InChI=1S/C65H131N2O6P/c1-6-8-10-12-14-16-18-20-22-24-26-27-28-29-30-31-32-33-34-35-36-37-38-39-41-43-45-47-49-51-53-55-57-59-65(69)66-63(62-73-74(70,71)72-61-60-67(3,4)5)64(68)58-56-54-52-50-48-46-44-42-40-25-23-21-19-17-15-13-11-9-7-2/h24,26,63-64,68H,6-23,25,27-62H2,1-5H3,(H-,66,69,70,71)/p+1/b26-24-. The fourth-order valence-corrected chi connectivity index (χ4v) is 11.1. The Balaban J connectivity index is 3.97. The van der Waals surface area contributed by atoms with Crippen molar-refractivity contribution in [3.05, 3.63) is 12.2 Å². The van der Waals surface area contributed by atoms with Crippen LogP contribution in [0.2, 0.25) is 0 Å². The van der Waals surface area contributed by atoms with E-state index in [2.05, 4.69) is 31.3 Å². The third kappa shape index (κ3) is 58.9. The second kappa shape index (κ2) is 56.9. The molecular weight excluding hydrogens is 936 g/mol. The van der Waals surface area contributed by atoms with Gasteiger partial charge in [-0.1, -0.05) is 315 Å². The van der Waals surface area contributed by atoms with E-state index in [1.54, 1.807) is 0 Å². The lowest BCUT2D eigenvalue weighted by molar-refractivity contribution is -0.870. The van der Waals surface area contributed by atoms with Gasteiger partial charge in [0.25, 0.3) is 0 Å². The Morgan fingerprint density at radius 3 is 1.04 bits per heavy atom. The molecule has 9 heteroatoms. The number of nitrogens with one attached hydrogen (secondary N) is 1. The highest BCUT2D eigenvalue weighted by atomic mass is 31.2. The fraction of sp³-hybridized carbons (Fsp3) is 0.954. The predicted molar refractivity (Wildman–Crippen MR) is 323 cm³/mol. The summed E-state index contributed by atoms with van der Waals surface area (Å²) in [4.78, 5) is 23.4. The Labute approximate surface area is 462 Å². The first-order chi connectivity index (χ1) is 36.0. The lowest BCUT2D eigenvalue weighted by Gasteiger charge is -2.26. The normalized spacial score (nSPS) is 13.8. The summed E-state index contributed by atoms with van der Waals surface area (Å²) in [5.74, 6) is -0.136. The zero-order chi connectivity index (χ0) is 54.2. The van der Waals surface area contributed by atoms with E-state index in [1.165, 1.54) is 283 Å². The van der Waals surface area contributed by atoms with Crippen LogP contribution in [0.3, 0.4) is 0 Å². The largest absolute Gasteiger partial charge is 0.472 e. The van der Waals surface area contributed by atoms with Gasteiger partial charge in [0, 0.05) is 6.42 Å². The van der Waals surface area contributed by atoms with Crippen molar-refractivity contribution in [3.8, 4) is 0 Å². The maximum Gasteiger partial charge on any atom is 0.472 e. The lowest BCUT2D eigenvalue weighted by atomic mass is 10.0. The summed E-state index contributed by atoms with van der Waals surface area (Å²) in [6, 6.07) is -0.757. The number of hydrogen-bond donors (Lipinski definition) is 3. The molecule has 0 radical (unpaired) electrons. The van der Waals surface area contributed by atoms with Crippen LogP contribution in [0.5, 0.6) is 0 Å². The van der Waals surface area contributed by atoms with Crippen LogP contribution in [-0.4, -0.2) is 73.4 Å². The number of carbonyl (C=O) groups excluding carboxylic acids is 1. The second-order valence-corrected chi connectivity index (χ2v) is 25.7. The van der Waals surface area contributed by atoms with Crippen LogP contribution >= 0.6 is 7.82 Å². The molecule has 0 aromatic carbocycles. The van der Waals surface area contributed by atoms with Crippen molar-refractivity contribution in [2.75, 3.05) is 40.9 Å². The van der Waals surface area contributed by atoms with Gasteiger partial charge in [-0.25, -0.2) is 4.57 Å². The highest BCUT2D eigenvalue weighted by molar-refractivity contribution is 7.47. The number of nitrogens with zero attached hydrogens (tertiary/aromatic N) is 1. The van der Waals surface area contributed by atoms with Crippen molar-refractivity contribution in [1.82, 2.24) is 5.32 Å². The van der Waals surface area contributed by atoms with Gasteiger partial charge in [0.15, 0.2) is 0 Å². The number of quaternary nitrogens is 1. The molecule has 0 saturated carbocycles. The first-order valence-electron chi connectivity index (χ1n) is 33.1. The second-order valence-electron chi connectivity index (χ2n) is 24.2. The van der Waals surface area contributed by atoms with Crippen LogP contribution in [0.4, 0.5) is 0 Å². The Morgan fingerprint density at radius 2 is 0.730 bits per heavy atom.